The van der Waals surface area contributed by atoms with E-state index in [9.17, 15) is 31.5 Å². The number of nitrogens with zero attached hydrogens (tertiary/aromatic N) is 3. The summed E-state index contributed by atoms with van der Waals surface area (Å²) >= 11 is 5.22. The molecule has 1 unspecified atom stereocenters. The highest BCUT2D eigenvalue weighted by Crippen LogP contribution is 2.34. The lowest BCUT2D eigenvalue weighted by Crippen LogP contribution is -2.35. The number of benzene rings is 1. The Balaban J connectivity index is 0.000000378. The molecular formula is C34H43F5N4O3S. The number of alkyl halides is 5. The number of halogens is 5. The predicted molar refractivity (Wildman–Crippen MR) is 175 cm³/mol. The smallest absolute Gasteiger partial charge is 0.416 e. The largest absolute Gasteiger partial charge is 0.469 e. The van der Waals surface area contributed by atoms with Gasteiger partial charge in [-0.2, -0.15) is 13.2 Å². The first kappa shape index (κ1) is 39.5. The molecule has 0 aliphatic carbocycles. The van der Waals surface area contributed by atoms with Gasteiger partial charge in [0.25, 0.3) is 6.43 Å². The Bertz CT molecular complexity index is 1540. The zero-order valence-electron chi connectivity index (χ0n) is 27.8. The zero-order chi connectivity index (χ0) is 35.5. The van der Waals surface area contributed by atoms with Crippen molar-refractivity contribution in [1.82, 2.24) is 19.8 Å². The zero-order valence-corrected chi connectivity index (χ0v) is 28.6. The van der Waals surface area contributed by atoms with Gasteiger partial charge in [0.05, 0.1) is 19.1 Å². The molecule has 0 aliphatic rings. The number of esters is 1. The average Bonchev–Trinajstić information content (AvgIpc) is 2.98. The molecule has 2 aromatic heterocycles. The molecule has 0 saturated heterocycles. The lowest BCUT2D eigenvalue weighted by molar-refractivity contribution is -0.140. The lowest BCUT2D eigenvalue weighted by Gasteiger charge is -2.25. The van der Waals surface area contributed by atoms with Gasteiger partial charge in [-0.3, -0.25) is 14.6 Å². The van der Waals surface area contributed by atoms with Crippen molar-refractivity contribution in [2.75, 3.05) is 34.3 Å². The van der Waals surface area contributed by atoms with Gasteiger partial charge in [-0.15, -0.1) is 0 Å². The maximum atomic E-state index is 13.5. The quantitative estimate of drug-likeness (QED) is 0.119. The molecule has 0 aliphatic heterocycles. The van der Waals surface area contributed by atoms with Gasteiger partial charge in [0.15, 0.2) is 0 Å². The monoisotopic (exact) mass is 682 g/mol. The van der Waals surface area contributed by atoms with Crippen molar-refractivity contribution >= 4 is 24.1 Å². The van der Waals surface area contributed by atoms with Crippen molar-refractivity contribution in [2.45, 2.75) is 65.6 Å². The van der Waals surface area contributed by atoms with E-state index in [1.165, 1.54) is 30.1 Å². The number of carbonyl (C=O) groups is 2. The van der Waals surface area contributed by atoms with Gasteiger partial charge in [0.2, 0.25) is 5.91 Å². The fourth-order valence-electron chi connectivity index (χ4n) is 4.94. The fourth-order valence-corrected chi connectivity index (χ4v) is 5.23. The van der Waals surface area contributed by atoms with Crippen LogP contribution < -0.4 is 5.32 Å². The van der Waals surface area contributed by atoms with Gasteiger partial charge >= 0.3 is 12.1 Å². The van der Waals surface area contributed by atoms with Crippen LogP contribution in [0.25, 0.3) is 11.1 Å². The standard InChI is InChI=1S/C20H30F3N3O3S.C14H13F2N/c1-13(2)10-16(19(28)24-8-6-18(27)29-5)26-12-14(7-9-25(3)4)15(11-17(26)30)20(21,22)23;1-9-4-3-5-10(2)13(9)11-6-7-17-12(8-11)14(15)16/h11-13,16H,6-10H2,1-5H3,(H,24,28);3-8,14H,1-2H3. The van der Waals surface area contributed by atoms with Gasteiger partial charge in [-0.25, -0.2) is 8.78 Å². The van der Waals surface area contributed by atoms with Crippen LogP contribution in [0.3, 0.4) is 0 Å². The molecule has 1 N–H and O–H groups in total. The van der Waals surface area contributed by atoms with E-state index in [-0.39, 0.29) is 41.2 Å². The van der Waals surface area contributed by atoms with Crippen LogP contribution in [-0.2, 0) is 26.9 Å². The van der Waals surface area contributed by atoms with Crippen LogP contribution in [0.1, 0.15) is 67.1 Å². The number of hydrogen-bond donors (Lipinski definition) is 1. The van der Waals surface area contributed by atoms with E-state index in [4.69, 9.17) is 12.2 Å². The van der Waals surface area contributed by atoms with Gasteiger partial charge < -0.3 is 19.5 Å². The van der Waals surface area contributed by atoms with E-state index in [0.717, 1.165) is 28.3 Å². The minimum atomic E-state index is -4.54. The van der Waals surface area contributed by atoms with E-state index < -0.39 is 36.1 Å². The number of nitrogens with one attached hydrogen (secondary N) is 1. The van der Waals surface area contributed by atoms with E-state index in [1.54, 1.807) is 25.1 Å². The first-order valence-electron chi connectivity index (χ1n) is 15.1. The summed E-state index contributed by atoms with van der Waals surface area (Å²) in [4.78, 5) is 29.5. The molecular weight excluding hydrogens is 639 g/mol. The molecule has 13 heteroatoms. The van der Waals surface area contributed by atoms with Crippen molar-refractivity contribution in [2.24, 2.45) is 5.92 Å². The summed E-state index contributed by atoms with van der Waals surface area (Å²) < 4.78 is 71.7. The highest BCUT2D eigenvalue weighted by Gasteiger charge is 2.34. The van der Waals surface area contributed by atoms with Crippen LogP contribution in [0.2, 0.25) is 0 Å². The number of amides is 1. The van der Waals surface area contributed by atoms with E-state index in [2.05, 4.69) is 15.0 Å². The molecule has 0 fully saturated rings. The average molecular weight is 683 g/mol. The number of rotatable bonds is 12. The fraction of sp³-hybridized carbons (Fsp3) is 0.471. The Hall–Kier alpha value is -3.71. The third kappa shape index (κ3) is 12.1. The molecule has 3 rings (SSSR count). The Morgan fingerprint density at radius 1 is 1.09 bits per heavy atom. The number of likely N-dealkylation sites (N-methyl/N-ethyl adjacent to an activating group) is 1. The van der Waals surface area contributed by atoms with E-state index in [0.29, 0.717) is 13.0 Å². The second-order valence-corrected chi connectivity index (χ2v) is 12.2. The molecule has 3 aromatic rings. The van der Waals surface area contributed by atoms with Crippen molar-refractivity contribution in [1.29, 1.82) is 0 Å². The molecule has 0 spiro atoms. The number of methoxy groups -OCH3 is 1. The number of aromatic nitrogens is 2. The summed E-state index contributed by atoms with van der Waals surface area (Å²) in [7, 11) is 4.81. The Labute approximate surface area is 278 Å². The number of pyridine rings is 2. The molecule has 0 saturated carbocycles. The molecule has 0 radical (unpaired) electrons. The Morgan fingerprint density at radius 2 is 1.72 bits per heavy atom. The number of aryl methyl sites for hydroxylation is 2. The number of ether oxygens (including phenoxy) is 1. The molecule has 1 aromatic carbocycles. The maximum Gasteiger partial charge on any atom is 0.416 e. The first-order valence-corrected chi connectivity index (χ1v) is 15.5. The highest BCUT2D eigenvalue weighted by molar-refractivity contribution is 7.71. The molecule has 0 bridgehead atoms. The summed E-state index contributed by atoms with van der Waals surface area (Å²) in [6.07, 6.45) is -3.73. The summed E-state index contributed by atoms with van der Waals surface area (Å²) in [5.41, 5.74) is 3.10. The van der Waals surface area contributed by atoms with Crippen molar-refractivity contribution < 1.29 is 36.3 Å². The minimum Gasteiger partial charge on any atom is -0.469 e. The first-order chi connectivity index (χ1) is 22.0. The van der Waals surface area contributed by atoms with Crippen molar-refractivity contribution in [3.8, 4) is 11.1 Å². The molecule has 47 heavy (non-hydrogen) atoms. The van der Waals surface area contributed by atoms with E-state index in [1.807, 2.05) is 45.9 Å². The van der Waals surface area contributed by atoms with E-state index >= 15 is 0 Å². The second kappa shape index (κ2) is 18.0. The summed E-state index contributed by atoms with van der Waals surface area (Å²) in [5, 5.41) is 2.66. The number of carbonyl (C=O) groups excluding carboxylic acids is 2. The SMILES string of the molecule is COC(=O)CCNC(=O)C(CC(C)C)n1cc(CCN(C)C)c(C(F)(F)F)cc1=S.Cc1cccc(C)c1-c1ccnc(C(F)F)c1. The van der Waals surface area contributed by atoms with Crippen LogP contribution in [0.5, 0.6) is 0 Å². The maximum absolute atomic E-state index is 13.5. The van der Waals surface area contributed by atoms with Crippen LogP contribution >= 0.6 is 12.2 Å². The van der Waals surface area contributed by atoms with Crippen LogP contribution in [0.15, 0.2) is 48.8 Å². The normalized spacial score (nSPS) is 12.1. The molecule has 258 valence electrons. The van der Waals surface area contributed by atoms with Crippen LogP contribution in [-0.4, -0.2) is 60.6 Å². The third-order valence-electron chi connectivity index (χ3n) is 7.26. The topological polar surface area (TPSA) is 76.5 Å². The highest BCUT2D eigenvalue weighted by atomic mass is 32.1. The second-order valence-electron chi connectivity index (χ2n) is 11.8. The van der Waals surface area contributed by atoms with Gasteiger partial charge in [0.1, 0.15) is 16.4 Å². The summed E-state index contributed by atoms with van der Waals surface area (Å²) in [5.74, 6) is -0.773. The van der Waals surface area contributed by atoms with Gasteiger partial charge in [0, 0.05) is 25.5 Å². The summed E-state index contributed by atoms with van der Waals surface area (Å²) in [6.45, 7) is 8.27. The molecule has 2 heterocycles. The van der Waals surface area contributed by atoms with Gasteiger partial charge in [-0.05, 0) is 92.7 Å². The summed E-state index contributed by atoms with van der Waals surface area (Å²) in [6, 6.07) is 9.28. The van der Waals surface area contributed by atoms with Crippen molar-refractivity contribution in [3.05, 3.63) is 81.4 Å². The molecule has 7 nitrogen and oxygen atoms in total. The minimum absolute atomic E-state index is 0.00311. The predicted octanol–water partition coefficient (Wildman–Crippen LogP) is 7.91. The van der Waals surface area contributed by atoms with Gasteiger partial charge in [-0.1, -0.05) is 44.3 Å². The van der Waals surface area contributed by atoms with Crippen LogP contribution in [0.4, 0.5) is 22.0 Å². The van der Waals surface area contributed by atoms with Crippen LogP contribution in [0, 0.1) is 24.4 Å². The van der Waals surface area contributed by atoms with Crippen molar-refractivity contribution in [3.63, 3.8) is 0 Å². The molecule has 1 atom stereocenters. The Kier molecular flexibility index (Phi) is 15.1. The molecule has 1 amide bonds. The number of hydrogen-bond acceptors (Lipinski definition) is 6. The third-order valence-corrected chi connectivity index (χ3v) is 7.59. The lowest BCUT2D eigenvalue weighted by atomic mass is 9.96. The Morgan fingerprint density at radius 3 is 2.26 bits per heavy atom.